The lowest BCUT2D eigenvalue weighted by Gasteiger charge is -2.15. The van der Waals surface area contributed by atoms with Gasteiger partial charge in [0.25, 0.3) is 0 Å². The molecule has 1 unspecified atom stereocenters. The summed E-state index contributed by atoms with van der Waals surface area (Å²) < 4.78 is 4.40. The molecule has 1 aromatic heterocycles. The lowest BCUT2D eigenvalue weighted by molar-refractivity contribution is 0.504. The van der Waals surface area contributed by atoms with Crippen molar-refractivity contribution in [1.82, 2.24) is 9.36 Å². The van der Waals surface area contributed by atoms with E-state index < -0.39 is 0 Å². The summed E-state index contributed by atoms with van der Waals surface area (Å²) >= 11 is 1.37. The van der Waals surface area contributed by atoms with Gasteiger partial charge in [-0.05, 0) is 30.4 Å². The maximum absolute atomic E-state index is 6.14. The molecule has 0 aliphatic rings. The van der Waals surface area contributed by atoms with Crippen LogP contribution < -0.4 is 11.5 Å². The van der Waals surface area contributed by atoms with Crippen molar-refractivity contribution in [3.05, 3.63) is 46.2 Å². The predicted molar refractivity (Wildman–Crippen MR) is 83.7 cm³/mol. The number of aromatic nitrogens is 2. The monoisotopic (exact) mass is 290 g/mol. The molecule has 0 radical (unpaired) electrons. The molecule has 0 amide bonds. The standard InChI is InChI=1S/C15H22N4S/c1-3-5-12(16)14(17)15-18-13(19-20-15)9-11-7-4-6-10(2)8-11/h4,6-8,12,14H,3,5,9,16-17H2,1-2H3/t12?,14-/m1/s1. The Kier molecular flexibility index (Phi) is 5.23. The third-order valence-electron chi connectivity index (χ3n) is 3.30. The molecule has 0 aliphatic carbocycles. The van der Waals surface area contributed by atoms with Crippen LogP contribution in [0.25, 0.3) is 0 Å². The fourth-order valence-electron chi connectivity index (χ4n) is 2.18. The van der Waals surface area contributed by atoms with Crippen molar-refractivity contribution >= 4 is 11.5 Å². The van der Waals surface area contributed by atoms with E-state index in [1.807, 2.05) is 0 Å². The summed E-state index contributed by atoms with van der Waals surface area (Å²) in [4.78, 5) is 4.54. The lowest BCUT2D eigenvalue weighted by Crippen LogP contribution is -2.33. The van der Waals surface area contributed by atoms with Gasteiger partial charge in [0.2, 0.25) is 0 Å². The van der Waals surface area contributed by atoms with E-state index in [4.69, 9.17) is 11.5 Å². The molecule has 1 aromatic carbocycles. The fraction of sp³-hybridized carbons (Fsp3) is 0.467. The summed E-state index contributed by atoms with van der Waals surface area (Å²) in [6, 6.07) is 8.14. The largest absolute Gasteiger partial charge is 0.326 e. The molecule has 4 N–H and O–H groups in total. The molecular formula is C15H22N4S. The van der Waals surface area contributed by atoms with Crippen LogP contribution in [0.3, 0.4) is 0 Å². The first-order valence-corrected chi connectivity index (χ1v) is 7.76. The molecule has 0 fully saturated rings. The van der Waals surface area contributed by atoms with Crippen molar-refractivity contribution in [1.29, 1.82) is 0 Å². The van der Waals surface area contributed by atoms with Gasteiger partial charge in [-0.25, -0.2) is 4.98 Å². The summed E-state index contributed by atoms with van der Waals surface area (Å²) in [5, 5.41) is 0.841. The van der Waals surface area contributed by atoms with Crippen LogP contribution in [0.2, 0.25) is 0 Å². The minimum absolute atomic E-state index is 0.0419. The summed E-state index contributed by atoms with van der Waals surface area (Å²) in [5.41, 5.74) is 14.7. The number of rotatable bonds is 6. The van der Waals surface area contributed by atoms with E-state index in [0.717, 1.165) is 30.1 Å². The van der Waals surface area contributed by atoms with Crippen LogP contribution in [-0.4, -0.2) is 15.4 Å². The molecule has 2 aromatic rings. The van der Waals surface area contributed by atoms with Crippen molar-refractivity contribution in [2.24, 2.45) is 11.5 Å². The second-order valence-corrected chi connectivity index (χ2v) is 5.98. The smallest absolute Gasteiger partial charge is 0.147 e. The Morgan fingerprint density at radius 1 is 1.30 bits per heavy atom. The van der Waals surface area contributed by atoms with Crippen LogP contribution in [-0.2, 0) is 6.42 Å². The zero-order valence-corrected chi connectivity index (χ0v) is 12.9. The van der Waals surface area contributed by atoms with E-state index in [9.17, 15) is 0 Å². The zero-order chi connectivity index (χ0) is 14.5. The van der Waals surface area contributed by atoms with E-state index in [0.29, 0.717) is 0 Å². The summed E-state index contributed by atoms with van der Waals surface area (Å²) in [7, 11) is 0. The first kappa shape index (κ1) is 15.1. The Labute approximate surface area is 124 Å². The van der Waals surface area contributed by atoms with Crippen LogP contribution in [0.5, 0.6) is 0 Å². The number of nitrogens with zero attached hydrogens (tertiary/aromatic N) is 2. The SMILES string of the molecule is CCCC(N)[C@@H](N)c1nc(Cc2cccc(C)c2)ns1. The molecule has 4 nitrogen and oxygen atoms in total. The molecule has 20 heavy (non-hydrogen) atoms. The number of nitrogens with two attached hydrogens (primary N) is 2. The number of benzene rings is 1. The summed E-state index contributed by atoms with van der Waals surface area (Å²) in [6.07, 6.45) is 2.69. The molecule has 0 bridgehead atoms. The van der Waals surface area contributed by atoms with E-state index >= 15 is 0 Å². The molecular weight excluding hydrogens is 268 g/mol. The molecule has 0 saturated heterocycles. The molecule has 5 heteroatoms. The highest BCUT2D eigenvalue weighted by molar-refractivity contribution is 7.05. The van der Waals surface area contributed by atoms with Crippen molar-refractivity contribution in [3.8, 4) is 0 Å². The molecule has 0 spiro atoms. The van der Waals surface area contributed by atoms with Gasteiger partial charge >= 0.3 is 0 Å². The molecule has 2 rings (SSSR count). The Balaban J connectivity index is 2.05. The van der Waals surface area contributed by atoms with Crippen molar-refractivity contribution in [2.45, 2.75) is 45.2 Å². The third kappa shape index (κ3) is 3.85. The quantitative estimate of drug-likeness (QED) is 0.857. The van der Waals surface area contributed by atoms with Gasteiger partial charge in [-0.2, -0.15) is 4.37 Å². The molecule has 0 aliphatic heterocycles. The second kappa shape index (κ2) is 6.92. The van der Waals surface area contributed by atoms with Gasteiger partial charge in [0.1, 0.15) is 10.8 Å². The highest BCUT2D eigenvalue weighted by Crippen LogP contribution is 2.19. The molecule has 1 heterocycles. The van der Waals surface area contributed by atoms with Crippen LogP contribution in [0.4, 0.5) is 0 Å². The van der Waals surface area contributed by atoms with Gasteiger partial charge in [-0.1, -0.05) is 43.2 Å². The topological polar surface area (TPSA) is 77.8 Å². The van der Waals surface area contributed by atoms with Gasteiger partial charge < -0.3 is 11.5 Å². The zero-order valence-electron chi connectivity index (χ0n) is 12.0. The average Bonchev–Trinajstić information content (AvgIpc) is 2.86. The Hall–Kier alpha value is -1.30. The van der Waals surface area contributed by atoms with Crippen LogP contribution >= 0.6 is 11.5 Å². The highest BCUT2D eigenvalue weighted by Gasteiger charge is 2.19. The molecule has 2 atom stereocenters. The molecule has 108 valence electrons. The summed E-state index contributed by atoms with van der Waals surface area (Å²) in [6.45, 7) is 4.19. The minimum atomic E-state index is -0.210. The van der Waals surface area contributed by atoms with E-state index in [2.05, 4.69) is 47.5 Å². The first-order valence-electron chi connectivity index (χ1n) is 6.99. The van der Waals surface area contributed by atoms with E-state index in [1.165, 1.54) is 22.7 Å². The maximum Gasteiger partial charge on any atom is 0.147 e. The van der Waals surface area contributed by atoms with Gasteiger partial charge in [0.15, 0.2) is 0 Å². The molecule has 0 saturated carbocycles. The van der Waals surface area contributed by atoms with Gasteiger partial charge in [0, 0.05) is 12.5 Å². The van der Waals surface area contributed by atoms with Gasteiger partial charge in [-0.3, -0.25) is 0 Å². The Bertz CT molecular complexity index is 552. The first-order chi connectivity index (χ1) is 9.60. The normalized spacial score (nSPS) is 14.2. The van der Waals surface area contributed by atoms with Gasteiger partial charge in [0.05, 0.1) is 6.04 Å². The second-order valence-electron chi connectivity index (χ2n) is 5.19. The van der Waals surface area contributed by atoms with Gasteiger partial charge in [-0.15, -0.1) is 0 Å². The van der Waals surface area contributed by atoms with Crippen molar-refractivity contribution in [3.63, 3.8) is 0 Å². The third-order valence-corrected chi connectivity index (χ3v) is 4.15. The lowest BCUT2D eigenvalue weighted by atomic mass is 10.1. The fourth-order valence-corrected chi connectivity index (χ4v) is 2.92. The van der Waals surface area contributed by atoms with Crippen LogP contribution in [0.15, 0.2) is 24.3 Å². The maximum atomic E-state index is 6.14. The number of hydrogen-bond acceptors (Lipinski definition) is 5. The highest BCUT2D eigenvalue weighted by atomic mass is 32.1. The number of hydrogen-bond donors (Lipinski definition) is 2. The Morgan fingerprint density at radius 2 is 2.10 bits per heavy atom. The number of aryl methyl sites for hydroxylation is 1. The van der Waals surface area contributed by atoms with E-state index in [-0.39, 0.29) is 12.1 Å². The van der Waals surface area contributed by atoms with E-state index in [1.54, 1.807) is 0 Å². The van der Waals surface area contributed by atoms with Crippen LogP contribution in [0, 0.1) is 6.92 Å². The van der Waals surface area contributed by atoms with Crippen molar-refractivity contribution < 1.29 is 0 Å². The van der Waals surface area contributed by atoms with Crippen molar-refractivity contribution in [2.75, 3.05) is 0 Å². The minimum Gasteiger partial charge on any atom is -0.326 e. The average molecular weight is 290 g/mol. The summed E-state index contributed by atoms with van der Waals surface area (Å²) in [5.74, 6) is 0.828. The Morgan fingerprint density at radius 3 is 2.80 bits per heavy atom. The van der Waals surface area contributed by atoms with Crippen LogP contribution in [0.1, 0.15) is 47.8 Å². The predicted octanol–water partition coefficient (Wildman–Crippen LogP) is 2.56.